The molecule has 1 aromatic heterocycles. The van der Waals surface area contributed by atoms with E-state index in [9.17, 15) is 14.4 Å². The SMILES string of the molecule is COC(=O)/C(=C/c1cccnc1NC(=O)C(C)(C)C)NC(=O)OC(C)(C)C. The summed E-state index contributed by atoms with van der Waals surface area (Å²) in [6.45, 7) is 10.4. The highest BCUT2D eigenvalue weighted by atomic mass is 16.6. The predicted octanol–water partition coefficient (Wildman–Crippen LogP) is 3.10. The summed E-state index contributed by atoms with van der Waals surface area (Å²) < 4.78 is 9.86. The molecule has 8 nitrogen and oxygen atoms in total. The van der Waals surface area contributed by atoms with E-state index in [0.717, 1.165) is 0 Å². The fourth-order valence-electron chi connectivity index (χ4n) is 1.76. The molecule has 0 atom stereocenters. The van der Waals surface area contributed by atoms with Crippen molar-refractivity contribution in [3.63, 3.8) is 0 Å². The van der Waals surface area contributed by atoms with Crippen LogP contribution in [-0.2, 0) is 19.1 Å². The Labute approximate surface area is 159 Å². The molecule has 0 bridgehead atoms. The van der Waals surface area contributed by atoms with E-state index in [0.29, 0.717) is 5.56 Å². The fraction of sp³-hybridized carbons (Fsp3) is 0.474. The van der Waals surface area contributed by atoms with Gasteiger partial charge in [0, 0.05) is 17.2 Å². The van der Waals surface area contributed by atoms with Gasteiger partial charge in [-0.05, 0) is 39.0 Å². The maximum Gasteiger partial charge on any atom is 0.412 e. The number of amides is 2. The number of carbonyl (C=O) groups is 3. The molecule has 0 spiro atoms. The first kappa shape index (κ1) is 22.1. The number of methoxy groups -OCH3 is 1. The summed E-state index contributed by atoms with van der Waals surface area (Å²) in [5.41, 5.74) is -1.08. The topological polar surface area (TPSA) is 107 Å². The third-order valence-electron chi connectivity index (χ3n) is 3.09. The van der Waals surface area contributed by atoms with Crippen LogP contribution >= 0.6 is 0 Å². The number of carbonyl (C=O) groups excluding carboxylic acids is 3. The van der Waals surface area contributed by atoms with Gasteiger partial charge >= 0.3 is 12.1 Å². The summed E-state index contributed by atoms with van der Waals surface area (Å²) in [4.78, 5) is 40.4. The van der Waals surface area contributed by atoms with Crippen molar-refractivity contribution in [1.29, 1.82) is 0 Å². The molecule has 0 aliphatic carbocycles. The lowest BCUT2D eigenvalue weighted by molar-refractivity contribution is -0.136. The normalized spacial score (nSPS) is 12.2. The van der Waals surface area contributed by atoms with Gasteiger partial charge in [0.15, 0.2) is 0 Å². The van der Waals surface area contributed by atoms with Crippen molar-refractivity contribution in [3.05, 3.63) is 29.6 Å². The Balaban J connectivity index is 3.19. The van der Waals surface area contributed by atoms with E-state index in [1.54, 1.807) is 53.7 Å². The van der Waals surface area contributed by atoms with Crippen LogP contribution in [0.2, 0.25) is 0 Å². The first-order valence-electron chi connectivity index (χ1n) is 8.40. The number of nitrogens with one attached hydrogen (secondary N) is 2. The number of ether oxygens (including phenoxy) is 2. The van der Waals surface area contributed by atoms with Crippen LogP contribution in [0.5, 0.6) is 0 Å². The number of hydrogen-bond acceptors (Lipinski definition) is 6. The molecule has 0 aliphatic rings. The van der Waals surface area contributed by atoms with Crippen LogP contribution in [0, 0.1) is 5.41 Å². The van der Waals surface area contributed by atoms with Crippen LogP contribution in [0.4, 0.5) is 10.6 Å². The molecule has 1 rings (SSSR count). The molecule has 0 saturated heterocycles. The lowest BCUT2D eigenvalue weighted by Crippen LogP contribution is -2.34. The van der Waals surface area contributed by atoms with Gasteiger partial charge in [0.2, 0.25) is 5.91 Å². The molecule has 0 aromatic carbocycles. The molecule has 27 heavy (non-hydrogen) atoms. The molecular weight excluding hydrogens is 350 g/mol. The van der Waals surface area contributed by atoms with Gasteiger partial charge in [-0.1, -0.05) is 20.8 Å². The zero-order valence-electron chi connectivity index (χ0n) is 16.8. The number of alkyl carbamates (subject to hydrolysis) is 1. The van der Waals surface area contributed by atoms with Gasteiger partial charge in [0.05, 0.1) is 7.11 Å². The first-order chi connectivity index (χ1) is 12.3. The van der Waals surface area contributed by atoms with E-state index < -0.39 is 23.1 Å². The summed E-state index contributed by atoms with van der Waals surface area (Å²) in [5.74, 6) is -0.752. The number of nitrogens with zero attached hydrogens (tertiary/aromatic N) is 1. The van der Waals surface area contributed by atoms with Crippen molar-refractivity contribution in [3.8, 4) is 0 Å². The van der Waals surface area contributed by atoms with Crippen molar-refractivity contribution >= 4 is 29.9 Å². The molecule has 148 valence electrons. The minimum atomic E-state index is -0.802. The quantitative estimate of drug-likeness (QED) is 0.617. The number of anilines is 1. The summed E-state index contributed by atoms with van der Waals surface area (Å²) >= 11 is 0. The van der Waals surface area contributed by atoms with Gasteiger partial charge in [0.1, 0.15) is 17.1 Å². The van der Waals surface area contributed by atoms with Gasteiger partial charge in [-0.25, -0.2) is 14.6 Å². The summed E-state index contributed by atoms with van der Waals surface area (Å²) in [6, 6.07) is 3.28. The van der Waals surface area contributed by atoms with Crippen LogP contribution in [0.25, 0.3) is 6.08 Å². The van der Waals surface area contributed by atoms with Crippen molar-refractivity contribution in [2.24, 2.45) is 5.41 Å². The average Bonchev–Trinajstić information content (AvgIpc) is 2.52. The molecule has 2 amide bonds. The predicted molar refractivity (Wildman–Crippen MR) is 102 cm³/mol. The largest absolute Gasteiger partial charge is 0.464 e. The highest BCUT2D eigenvalue weighted by Gasteiger charge is 2.23. The molecular formula is C19H27N3O5. The molecule has 0 saturated carbocycles. The second-order valence-corrected chi connectivity index (χ2v) is 7.82. The van der Waals surface area contributed by atoms with Crippen LogP contribution in [0.15, 0.2) is 24.0 Å². The molecule has 0 fully saturated rings. The second-order valence-electron chi connectivity index (χ2n) is 7.82. The smallest absolute Gasteiger partial charge is 0.412 e. The third kappa shape index (κ3) is 7.47. The molecule has 2 N–H and O–H groups in total. The van der Waals surface area contributed by atoms with Crippen LogP contribution in [-0.4, -0.2) is 35.7 Å². The van der Waals surface area contributed by atoms with E-state index in [1.165, 1.54) is 19.4 Å². The number of hydrogen-bond donors (Lipinski definition) is 2. The van der Waals surface area contributed by atoms with Gasteiger partial charge in [0.25, 0.3) is 0 Å². The highest BCUT2D eigenvalue weighted by molar-refractivity contribution is 5.99. The second kappa shape index (κ2) is 8.66. The van der Waals surface area contributed by atoms with Crippen molar-refractivity contribution in [1.82, 2.24) is 10.3 Å². The molecule has 0 unspecified atom stereocenters. The first-order valence-corrected chi connectivity index (χ1v) is 8.40. The van der Waals surface area contributed by atoms with Crippen molar-refractivity contribution < 1.29 is 23.9 Å². The van der Waals surface area contributed by atoms with Crippen molar-refractivity contribution in [2.45, 2.75) is 47.1 Å². The van der Waals surface area contributed by atoms with Crippen molar-refractivity contribution in [2.75, 3.05) is 12.4 Å². The standard InChI is InChI=1S/C19H27N3O5/c1-18(2,3)16(24)22-14-12(9-8-10-20-14)11-13(15(23)26-7)21-17(25)27-19(4,5)6/h8-11H,1-7H3,(H,21,25)(H,20,22,24)/b13-11-. The van der Waals surface area contributed by atoms with Crippen LogP contribution < -0.4 is 10.6 Å². The Morgan fingerprint density at radius 3 is 2.26 bits per heavy atom. The summed E-state index contributed by atoms with van der Waals surface area (Å²) in [7, 11) is 1.19. The van der Waals surface area contributed by atoms with E-state index in [1.807, 2.05) is 0 Å². The average molecular weight is 377 g/mol. The van der Waals surface area contributed by atoms with E-state index in [-0.39, 0.29) is 17.4 Å². The lowest BCUT2D eigenvalue weighted by atomic mass is 9.95. The Hall–Kier alpha value is -2.90. The highest BCUT2D eigenvalue weighted by Crippen LogP contribution is 2.20. The molecule has 0 aliphatic heterocycles. The van der Waals surface area contributed by atoms with Gasteiger partial charge in [-0.2, -0.15) is 0 Å². The van der Waals surface area contributed by atoms with Gasteiger partial charge in [-0.3, -0.25) is 10.1 Å². The molecule has 8 heteroatoms. The maximum absolute atomic E-state index is 12.2. The van der Waals surface area contributed by atoms with E-state index >= 15 is 0 Å². The molecule has 1 heterocycles. The summed E-state index contributed by atoms with van der Waals surface area (Å²) in [6.07, 6.45) is 2.07. The minimum Gasteiger partial charge on any atom is -0.464 e. The Morgan fingerprint density at radius 1 is 1.11 bits per heavy atom. The van der Waals surface area contributed by atoms with E-state index in [4.69, 9.17) is 9.47 Å². The van der Waals surface area contributed by atoms with Crippen LogP contribution in [0.3, 0.4) is 0 Å². The molecule has 1 aromatic rings. The van der Waals surface area contributed by atoms with Gasteiger partial charge < -0.3 is 14.8 Å². The fourth-order valence-corrected chi connectivity index (χ4v) is 1.76. The zero-order chi connectivity index (χ0) is 20.8. The van der Waals surface area contributed by atoms with Gasteiger partial charge in [-0.15, -0.1) is 0 Å². The minimum absolute atomic E-state index is 0.147. The van der Waals surface area contributed by atoms with Crippen LogP contribution in [0.1, 0.15) is 47.1 Å². The maximum atomic E-state index is 12.2. The molecule has 0 radical (unpaired) electrons. The Morgan fingerprint density at radius 2 is 1.74 bits per heavy atom. The summed E-state index contributed by atoms with van der Waals surface area (Å²) in [5, 5.41) is 5.08. The third-order valence-corrected chi connectivity index (χ3v) is 3.09. The zero-order valence-corrected chi connectivity index (χ0v) is 16.8. The Kier molecular flexibility index (Phi) is 7.10. The monoisotopic (exact) mass is 377 g/mol. The lowest BCUT2D eigenvalue weighted by Gasteiger charge is -2.20. The van der Waals surface area contributed by atoms with E-state index in [2.05, 4.69) is 15.6 Å². The number of pyridine rings is 1. The number of aromatic nitrogens is 1. The number of rotatable bonds is 4. The number of esters is 1. The Bertz CT molecular complexity index is 742.